The van der Waals surface area contributed by atoms with Gasteiger partial charge in [0.25, 0.3) is 0 Å². The molecule has 0 atom stereocenters. The maximum Gasteiger partial charge on any atom is 0.434 e. The van der Waals surface area contributed by atoms with E-state index < -0.39 is 17.4 Å². The van der Waals surface area contributed by atoms with Gasteiger partial charge in [0.05, 0.1) is 6.42 Å². The summed E-state index contributed by atoms with van der Waals surface area (Å²) in [7, 11) is 0. The molecule has 0 fully saturated rings. The van der Waals surface area contributed by atoms with Crippen LogP contribution in [0.3, 0.4) is 0 Å². The lowest BCUT2D eigenvalue weighted by atomic mass is 10.1. The molecule has 1 aromatic heterocycles. The Morgan fingerprint density at radius 3 is 2.80 bits per heavy atom. The van der Waals surface area contributed by atoms with E-state index in [1.54, 1.807) is 0 Å². The van der Waals surface area contributed by atoms with E-state index in [0.717, 1.165) is 12.1 Å². The van der Waals surface area contributed by atoms with Gasteiger partial charge in [-0.3, -0.25) is 0 Å². The van der Waals surface area contributed by atoms with Crippen molar-refractivity contribution in [2.24, 2.45) is 0 Å². The van der Waals surface area contributed by atoms with E-state index in [-0.39, 0.29) is 17.9 Å². The molecule has 6 heteroatoms. The van der Waals surface area contributed by atoms with Crippen LogP contribution in [-0.4, -0.2) is 10.2 Å². The van der Waals surface area contributed by atoms with Gasteiger partial charge in [0.2, 0.25) is 5.89 Å². The van der Waals surface area contributed by atoms with E-state index in [0.29, 0.717) is 0 Å². The number of aromatic nitrogens is 2. The first-order valence-electron chi connectivity index (χ1n) is 4.13. The van der Waals surface area contributed by atoms with Crippen LogP contribution in [0.2, 0.25) is 0 Å². The second-order valence-corrected chi connectivity index (χ2v) is 2.92. The minimum absolute atomic E-state index is 0.00481. The number of aromatic amines is 1. The molecule has 0 saturated carbocycles. The maximum atomic E-state index is 13.1. The van der Waals surface area contributed by atoms with Gasteiger partial charge in [-0.05, 0) is 11.6 Å². The van der Waals surface area contributed by atoms with Crippen molar-refractivity contribution in [2.45, 2.75) is 6.42 Å². The highest BCUT2D eigenvalue weighted by molar-refractivity contribution is 5.21. The zero-order chi connectivity index (χ0) is 10.8. The average molecular weight is 212 g/mol. The van der Waals surface area contributed by atoms with E-state index >= 15 is 0 Å². The topological polar surface area (TPSA) is 58.9 Å². The largest absolute Gasteiger partial charge is 0.434 e. The summed E-state index contributed by atoms with van der Waals surface area (Å²) in [6.45, 7) is 0. The Bertz CT molecular complexity index is 533. The van der Waals surface area contributed by atoms with Crippen LogP contribution in [0.1, 0.15) is 11.5 Å². The molecule has 1 aromatic carbocycles. The van der Waals surface area contributed by atoms with Gasteiger partial charge >= 0.3 is 5.76 Å². The van der Waals surface area contributed by atoms with Gasteiger partial charge in [-0.15, -0.1) is 5.10 Å². The number of H-pyrrole nitrogens is 1. The molecule has 2 rings (SSSR count). The number of benzene rings is 1. The Kier molecular flexibility index (Phi) is 2.32. The molecule has 0 aliphatic heterocycles. The molecule has 0 radical (unpaired) electrons. The molecule has 0 bridgehead atoms. The molecule has 0 amide bonds. The summed E-state index contributed by atoms with van der Waals surface area (Å²) >= 11 is 0. The summed E-state index contributed by atoms with van der Waals surface area (Å²) in [5.74, 6) is -1.99. The van der Waals surface area contributed by atoms with Crippen molar-refractivity contribution >= 4 is 0 Å². The van der Waals surface area contributed by atoms with Crippen LogP contribution in [0.25, 0.3) is 0 Å². The van der Waals surface area contributed by atoms with Gasteiger partial charge in [-0.1, -0.05) is 6.07 Å². The lowest BCUT2D eigenvalue weighted by Gasteiger charge is -1.98. The van der Waals surface area contributed by atoms with Crippen LogP contribution in [0.4, 0.5) is 8.78 Å². The van der Waals surface area contributed by atoms with Crippen LogP contribution in [0.15, 0.2) is 27.4 Å². The third-order valence-corrected chi connectivity index (χ3v) is 1.84. The van der Waals surface area contributed by atoms with Gasteiger partial charge in [0, 0.05) is 6.07 Å². The van der Waals surface area contributed by atoms with Crippen molar-refractivity contribution in [1.82, 2.24) is 10.2 Å². The van der Waals surface area contributed by atoms with E-state index in [1.165, 1.54) is 6.07 Å². The lowest BCUT2D eigenvalue weighted by Crippen LogP contribution is -1.94. The summed E-state index contributed by atoms with van der Waals surface area (Å²) in [5.41, 5.74) is 0.214. The van der Waals surface area contributed by atoms with Crippen molar-refractivity contribution in [2.75, 3.05) is 0 Å². The van der Waals surface area contributed by atoms with Crippen LogP contribution >= 0.6 is 0 Å². The molecule has 15 heavy (non-hydrogen) atoms. The second-order valence-electron chi connectivity index (χ2n) is 2.92. The summed E-state index contributed by atoms with van der Waals surface area (Å²) < 4.78 is 30.3. The first-order valence-corrected chi connectivity index (χ1v) is 4.13. The zero-order valence-corrected chi connectivity index (χ0v) is 7.46. The smallest absolute Gasteiger partial charge is 0.392 e. The van der Waals surface area contributed by atoms with Crippen LogP contribution in [0, 0.1) is 11.6 Å². The molecule has 0 saturated heterocycles. The molecule has 4 nitrogen and oxygen atoms in total. The summed E-state index contributed by atoms with van der Waals surface area (Å²) in [6, 6.07) is 3.17. The lowest BCUT2D eigenvalue weighted by molar-refractivity contribution is 0.467. The SMILES string of the molecule is O=c1[nH]nc(Cc2ccc(F)cc2F)o1. The fourth-order valence-electron chi connectivity index (χ4n) is 1.16. The van der Waals surface area contributed by atoms with Crippen molar-refractivity contribution < 1.29 is 13.2 Å². The van der Waals surface area contributed by atoms with Crippen molar-refractivity contribution in [1.29, 1.82) is 0 Å². The zero-order valence-electron chi connectivity index (χ0n) is 7.46. The minimum atomic E-state index is -0.701. The van der Waals surface area contributed by atoms with Gasteiger partial charge in [-0.2, -0.15) is 0 Å². The van der Waals surface area contributed by atoms with E-state index in [4.69, 9.17) is 0 Å². The number of hydrogen-bond acceptors (Lipinski definition) is 3. The highest BCUT2D eigenvalue weighted by atomic mass is 19.1. The quantitative estimate of drug-likeness (QED) is 0.814. The third kappa shape index (κ3) is 2.09. The molecule has 2 aromatic rings. The second kappa shape index (κ2) is 3.64. The molecule has 0 spiro atoms. The third-order valence-electron chi connectivity index (χ3n) is 1.84. The van der Waals surface area contributed by atoms with Crippen molar-refractivity contribution in [3.05, 3.63) is 51.8 Å². The van der Waals surface area contributed by atoms with Crippen molar-refractivity contribution in [3.8, 4) is 0 Å². The van der Waals surface area contributed by atoms with Crippen molar-refractivity contribution in [3.63, 3.8) is 0 Å². The predicted molar refractivity (Wildman–Crippen MR) is 46.3 cm³/mol. The number of nitrogens with zero attached hydrogens (tertiary/aromatic N) is 1. The van der Waals surface area contributed by atoms with Crippen LogP contribution in [0.5, 0.6) is 0 Å². The molecule has 0 aliphatic carbocycles. The monoisotopic (exact) mass is 212 g/mol. The summed E-state index contributed by atoms with van der Waals surface area (Å²) in [6.07, 6.45) is 0.00481. The van der Waals surface area contributed by atoms with Crippen LogP contribution in [-0.2, 0) is 6.42 Å². The highest BCUT2D eigenvalue weighted by Crippen LogP contribution is 2.12. The Balaban J connectivity index is 2.28. The first-order chi connectivity index (χ1) is 7.15. The Morgan fingerprint density at radius 2 is 2.20 bits per heavy atom. The fourth-order valence-corrected chi connectivity index (χ4v) is 1.16. The van der Waals surface area contributed by atoms with Gasteiger partial charge < -0.3 is 4.42 Å². The standard InChI is InChI=1S/C9H6F2N2O2/c10-6-2-1-5(7(11)4-6)3-8-12-13-9(14)15-8/h1-2,4H,3H2,(H,13,14). The number of nitrogens with one attached hydrogen (secondary N) is 1. The molecule has 1 heterocycles. The van der Waals surface area contributed by atoms with Gasteiger partial charge in [0.15, 0.2) is 0 Å². The number of halogens is 2. The summed E-state index contributed by atoms with van der Waals surface area (Å²) in [4.78, 5) is 10.6. The Morgan fingerprint density at radius 1 is 1.40 bits per heavy atom. The Hall–Kier alpha value is -1.98. The van der Waals surface area contributed by atoms with E-state index in [9.17, 15) is 13.6 Å². The molecular weight excluding hydrogens is 206 g/mol. The molecule has 1 N–H and O–H groups in total. The predicted octanol–water partition coefficient (Wildman–Crippen LogP) is 1.23. The fraction of sp³-hybridized carbons (Fsp3) is 0.111. The van der Waals surface area contributed by atoms with Gasteiger partial charge in [0.1, 0.15) is 11.6 Å². The number of rotatable bonds is 2. The molecule has 0 aliphatic rings. The summed E-state index contributed by atoms with van der Waals surface area (Å²) in [5, 5.41) is 5.56. The van der Waals surface area contributed by atoms with E-state index in [1.807, 2.05) is 0 Å². The van der Waals surface area contributed by atoms with E-state index in [2.05, 4.69) is 14.6 Å². The van der Waals surface area contributed by atoms with Gasteiger partial charge in [-0.25, -0.2) is 18.7 Å². The average Bonchev–Trinajstić information content (AvgIpc) is 2.56. The molecular formula is C9H6F2N2O2. The first kappa shape index (κ1) is 9.57. The highest BCUT2D eigenvalue weighted by Gasteiger charge is 2.08. The van der Waals surface area contributed by atoms with Crippen LogP contribution < -0.4 is 5.76 Å². The Labute approximate surface area is 82.5 Å². The minimum Gasteiger partial charge on any atom is -0.392 e. The maximum absolute atomic E-state index is 13.1. The number of hydrogen-bond donors (Lipinski definition) is 1. The molecule has 0 unspecified atom stereocenters. The normalized spacial score (nSPS) is 10.5. The molecule has 78 valence electrons.